The van der Waals surface area contributed by atoms with Crippen molar-refractivity contribution in [3.8, 4) is 11.5 Å². The number of nitrogens with one attached hydrogen (secondary N) is 1. The van der Waals surface area contributed by atoms with Crippen LogP contribution in [-0.4, -0.2) is 49.6 Å². The van der Waals surface area contributed by atoms with Crippen LogP contribution in [0.2, 0.25) is 0 Å². The van der Waals surface area contributed by atoms with Gasteiger partial charge in [0.25, 0.3) is 0 Å². The molecule has 28 heavy (non-hydrogen) atoms. The van der Waals surface area contributed by atoms with Gasteiger partial charge in [-0.2, -0.15) is 0 Å². The number of anilines is 2. The van der Waals surface area contributed by atoms with Gasteiger partial charge in [-0.05, 0) is 24.3 Å². The maximum Gasteiger partial charge on any atom is 0.164 e. The molecule has 1 aliphatic rings. The van der Waals surface area contributed by atoms with Crippen LogP contribution in [-0.2, 0) is 9.47 Å². The van der Waals surface area contributed by atoms with Gasteiger partial charge in [-0.3, -0.25) is 0 Å². The number of hydrogen-bond donors (Lipinski definition) is 1. The van der Waals surface area contributed by atoms with Gasteiger partial charge in [0.05, 0.1) is 18.7 Å². The molecule has 1 N–H and O–H groups in total. The number of rotatable bonds is 6. The van der Waals surface area contributed by atoms with Crippen molar-refractivity contribution in [2.24, 2.45) is 0 Å². The Labute approximate surface area is 171 Å². The third kappa shape index (κ3) is 3.89. The summed E-state index contributed by atoms with van der Waals surface area (Å²) in [6.45, 7) is 0.810. The van der Waals surface area contributed by atoms with Crippen molar-refractivity contribution in [3.05, 3.63) is 47.2 Å². The van der Waals surface area contributed by atoms with E-state index in [1.165, 1.54) is 6.33 Å². The Bertz CT molecular complexity index is 985. The number of benzene rings is 2. The molecule has 0 fully saturated rings. The van der Waals surface area contributed by atoms with Crippen LogP contribution in [0.3, 0.4) is 0 Å². The first kappa shape index (κ1) is 18.9. The van der Waals surface area contributed by atoms with Gasteiger partial charge in [0, 0.05) is 35.8 Å². The molecule has 7 nitrogen and oxygen atoms in total. The molecule has 0 saturated heterocycles. The Morgan fingerprint density at radius 2 is 1.71 bits per heavy atom. The molecule has 0 spiro atoms. The van der Waals surface area contributed by atoms with E-state index in [9.17, 15) is 0 Å². The predicted molar refractivity (Wildman–Crippen MR) is 110 cm³/mol. The molecule has 0 radical (unpaired) electrons. The van der Waals surface area contributed by atoms with Crippen LogP contribution in [0, 0.1) is 0 Å². The van der Waals surface area contributed by atoms with Crippen molar-refractivity contribution in [3.63, 3.8) is 0 Å². The van der Waals surface area contributed by atoms with E-state index in [4.69, 9.17) is 18.9 Å². The molecule has 0 bridgehead atoms. The molecule has 2 heterocycles. The van der Waals surface area contributed by atoms with E-state index in [1.807, 2.05) is 36.4 Å². The van der Waals surface area contributed by atoms with Crippen LogP contribution < -0.4 is 14.8 Å². The largest absolute Gasteiger partial charge is 0.480 e. The average Bonchev–Trinajstić information content (AvgIpc) is 2.68. The highest BCUT2D eigenvalue weighted by molar-refractivity contribution is 9.10. The summed E-state index contributed by atoms with van der Waals surface area (Å²) in [5.41, 5.74) is 1.68. The molecule has 0 amide bonds. The number of nitrogens with zero attached hydrogens (tertiary/aromatic N) is 2. The average molecular weight is 446 g/mol. The van der Waals surface area contributed by atoms with Crippen molar-refractivity contribution < 1.29 is 18.9 Å². The quantitative estimate of drug-likeness (QED) is 0.615. The first-order valence-electron chi connectivity index (χ1n) is 8.80. The molecular formula is C20H20BrN3O4. The monoisotopic (exact) mass is 445 g/mol. The summed E-state index contributed by atoms with van der Waals surface area (Å²) >= 11 is 3.48. The zero-order valence-corrected chi connectivity index (χ0v) is 17.1. The fourth-order valence-corrected chi connectivity index (χ4v) is 3.54. The highest BCUT2D eigenvalue weighted by Crippen LogP contribution is 2.39. The van der Waals surface area contributed by atoms with Gasteiger partial charge in [0.15, 0.2) is 23.7 Å². The highest BCUT2D eigenvalue weighted by atomic mass is 79.9. The Morgan fingerprint density at radius 3 is 2.39 bits per heavy atom. The van der Waals surface area contributed by atoms with Gasteiger partial charge < -0.3 is 24.3 Å². The summed E-state index contributed by atoms with van der Waals surface area (Å²) in [6.07, 6.45) is 1.01. The van der Waals surface area contributed by atoms with Crippen LogP contribution in [0.15, 0.2) is 47.2 Å². The molecule has 8 heteroatoms. The zero-order chi connectivity index (χ0) is 19.5. The van der Waals surface area contributed by atoms with E-state index in [0.29, 0.717) is 30.5 Å². The minimum absolute atomic E-state index is 0.254. The van der Waals surface area contributed by atoms with E-state index < -0.39 is 0 Å². The van der Waals surface area contributed by atoms with Crippen LogP contribution in [0.25, 0.3) is 10.9 Å². The second-order valence-corrected chi connectivity index (χ2v) is 7.31. The van der Waals surface area contributed by atoms with E-state index in [2.05, 4.69) is 31.2 Å². The minimum atomic E-state index is -0.263. The van der Waals surface area contributed by atoms with Crippen molar-refractivity contribution in [2.75, 3.05) is 32.8 Å². The molecule has 0 aliphatic carbocycles. The number of methoxy groups -OCH3 is 2. The van der Waals surface area contributed by atoms with E-state index in [1.54, 1.807) is 14.2 Å². The SMILES string of the molecule is COC[C@H]1Oc2cc3ncnc(Nc4cccc(Br)c4)c3cc2O[C@@H]1COC. The molecule has 2 aromatic carbocycles. The van der Waals surface area contributed by atoms with E-state index >= 15 is 0 Å². The second-order valence-electron chi connectivity index (χ2n) is 6.40. The Hall–Kier alpha value is -2.42. The van der Waals surface area contributed by atoms with Crippen molar-refractivity contribution in [2.45, 2.75) is 12.2 Å². The summed E-state index contributed by atoms with van der Waals surface area (Å²) in [4.78, 5) is 8.79. The summed E-state index contributed by atoms with van der Waals surface area (Å²) in [5, 5.41) is 4.18. The van der Waals surface area contributed by atoms with Crippen LogP contribution in [0.1, 0.15) is 0 Å². The number of halogens is 1. The van der Waals surface area contributed by atoms with Gasteiger partial charge in [0.2, 0.25) is 0 Å². The molecule has 1 aromatic heterocycles. The van der Waals surface area contributed by atoms with Gasteiger partial charge >= 0.3 is 0 Å². The van der Waals surface area contributed by atoms with Gasteiger partial charge in [-0.25, -0.2) is 9.97 Å². The lowest BCUT2D eigenvalue weighted by Crippen LogP contribution is -2.45. The second kappa shape index (κ2) is 8.30. The molecule has 146 valence electrons. The molecule has 2 atom stereocenters. The number of hydrogen-bond acceptors (Lipinski definition) is 7. The van der Waals surface area contributed by atoms with Crippen molar-refractivity contribution >= 4 is 38.3 Å². The number of ether oxygens (including phenoxy) is 4. The summed E-state index contributed by atoms with van der Waals surface area (Å²) in [5.74, 6) is 1.96. The minimum Gasteiger partial charge on any atom is -0.480 e. The molecule has 0 unspecified atom stereocenters. The Morgan fingerprint density at radius 1 is 1.00 bits per heavy atom. The molecule has 0 saturated carbocycles. The van der Waals surface area contributed by atoms with E-state index in [-0.39, 0.29) is 12.2 Å². The van der Waals surface area contributed by atoms with Crippen molar-refractivity contribution in [1.29, 1.82) is 0 Å². The predicted octanol–water partition coefficient (Wildman–Crippen LogP) is 3.94. The topological polar surface area (TPSA) is 74.7 Å². The van der Waals surface area contributed by atoms with Crippen LogP contribution in [0.4, 0.5) is 11.5 Å². The van der Waals surface area contributed by atoms with Crippen LogP contribution in [0.5, 0.6) is 11.5 Å². The van der Waals surface area contributed by atoms with Crippen molar-refractivity contribution in [1.82, 2.24) is 9.97 Å². The van der Waals surface area contributed by atoms with E-state index in [0.717, 1.165) is 21.1 Å². The lowest BCUT2D eigenvalue weighted by molar-refractivity contribution is -0.0513. The Balaban J connectivity index is 1.71. The molecule has 3 aromatic rings. The van der Waals surface area contributed by atoms with Gasteiger partial charge in [-0.15, -0.1) is 0 Å². The molecule has 4 rings (SSSR count). The summed E-state index contributed by atoms with van der Waals surface area (Å²) in [7, 11) is 3.27. The number of fused-ring (bicyclic) bond motifs is 2. The first-order chi connectivity index (χ1) is 13.7. The third-order valence-electron chi connectivity index (χ3n) is 4.42. The lowest BCUT2D eigenvalue weighted by atomic mass is 10.1. The number of aromatic nitrogens is 2. The fraction of sp³-hybridized carbons (Fsp3) is 0.300. The summed E-state index contributed by atoms with van der Waals surface area (Å²) in [6, 6.07) is 11.6. The normalized spacial score (nSPS) is 18.2. The maximum atomic E-state index is 6.15. The molecule has 1 aliphatic heterocycles. The smallest absolute Gasteiger partial charge is 0.164 e. The maximum absolute atomic E-state index is 6.15. The third-order valence-corrected chi connectivity index (χ3v) is 4.91. The van der Waals surface area contributed by atoms with Gasteiger partial charge in [-0.1, -0.05) is 22.0 Å². The highest BCUT2D eigenvalue weighted by Gasteiger charge is 2.32. The Kier molecular flexibility index (Phi) is 5.61. The first-order valence-corrected chi connectivity index (χ1v) is 9.59. The lowest BCUT2D eigenvalue weighted by Gasteiger charge is -2.33. The molecular weight excluding hydrogens is 426 g/mol. The van der Waals surface area contributed by atoms with Crippen LogP contribution >= 0.6 is 15.9 Å². The zero-order valence-electron chi connectivity index (χ0n) is 15.5. The van der Waals surface area contributed by atoms with Gasteiger partial charge in [0.1, 0.15) is 12.1 Å². The standard InChI is InChI=1S/C20H20BrN3O4/c1-25-9-18-19(10-26-2)28-17-8-15-14(7-16(17)27-18)20(23-11-22-15)24-13-5-3-4-12(21)6-13/h3-8,11,18-19H,9-10H2,1-2H3,(H,22,23,24)/t18-,19-/m1/s1. The fourth-order valence-electron chi connectivity index (χ4n) is 3.14. The summed E-state index contributed by atoms with van der Waals surface area (Å²) < 4.78 is 23.8.